The van der Waals surface area contributed by atoms with E-state index in [2.05, 4.69) is 4.74 Å². The summed E-state index contributed by atoms with van der Waals surface area (Å²) < 4.78 is 27.3. The van der Waals surface area contributed by atoms with Crippen molar-refractivity contribution in [3.63, 3.8) is 0 Å². The van der Waals surface area contributed by atoms with E-state index >= 15 is 0 Å². The Hall–Kier alpha value is -0.620. The highest BCUT2D eigenvalue weighted by Gasteiger charge is 2.32. The second-order valence-corrected chi connectivity index (χ2v) is 6.33. The second kappa shape index (κ2) is 5.63. The van der Waals surface area contributed by atoms with Gasteiger partial charge in [0.15, 0.2) is 9.84 Å². The topological polar surface area (TPSA) is 63.7 Å². The summed E-state index contributed by atoms with van der Waals surface area (Å²) in [7, 11) is -1.55. The average molecular weight is 249 g/mol. The number of ether oxygens (including phenoxy) is 1. The third-order valence-electron chi connectivity index (χ3n) is 2.80. The van der Waals surface area contributed by atoms with Crippen molar-refractivity contribution in [3.05, 3.63) is 0 Å². The Morgan fingerprint density at radius 3 is 2.62 bits per heavy atom. The largest absolute Gasteiger partial charge is 0.468 e. The molecule has 1 aliphatic rings. The van der Waals surface area contributed by atoms with Gasteiger partial charge >= 0.3 is 5.97 Å². The van der Waals surface area contributed by atoms with Crippen LogP contribution in [0.25, 0.3) is 0 Å². The number of hydrogen-bond acceptors (Lipinski definition) is 5. The smallest absolute Gasteiger partial charge is 0.319 e. The quantitative estimate of drug-likeness (QED) is 0.645. The van der Waals surface area contributed by atoms with Crippen molar-refractivity contribution in [2.75, 3.05) is 31.7 Å². The van der Waals surface area contributed by atoms with Gasteiger partial charge in [0.25, 0.3) is 0 Å². The van der Waals surface area contributed by atoms with E-state index in [0.29, 0.717) is 6.42 Å². The fraction of sp³-hybridized carbons (Fsp3) is 0.900. The normalized spacial score (nSPS) is 23.6. The van der Waals surface area contributed by atoms with Gasteiger partial charge in [0.2, 0.25) is 0 Å². The number of nitrogens with zero attached hydrogens (tertiary/aromatic N) is 1. The van der Waals surface area contributed by atoms with Crippen LogP contribution >= 0.6 is 0 Å². The monoisotopic (exact) mass is 249 g/mol. The van der Waals surface area contributed by atoms with E-state index < -0.39 is 9.84 Å². The number of rotatable bonds is 5. The molecule has 1 aliphatic heterocycles. The van der Waals surface area contributed by atoms with Crippen molar-refractivity contribution in [2.45, 2.75) is 25.8 Å². The Morgan fingerprint density at radius 1 is 1.50 bits per heavy atom. The van der Waals surface area contributed by atoms with Crippen LogP contribution < -0.4 is 0 Å². The molecule has 1 rings (SSSR count). The highest BCUT2D eigenvalue weighted by atomic mass is 32.2. The lowest BCUT2D eigenvalue weighted by Gasteiger charge is -2.26. The second-order valence-electron chi connectivity index (χ2n) is 4.10. The van der Waals surface area contributed by atoms with E-state index in [4.69, 9.17) is 0 Å². The summed E-state index contributed by atoms with van der Waals surface area (Å²) in [6, 6.07) is -0.0240. The highest BCUT2D eigenvalue weighted by molar-refractivity contribution is 7.91. The fourth-order valence-electron chi connectivity index (χ4n) is 1.97. The predicted molar refractivity (Wildman–Crippen MR) is 60.9 cm³/mol. The maximum atomic E-state index is 11.4. The number of carbonyl (C=O) groups is 1. The summed E-state index contributed by atoms with van der Waals surface area (Å²) >= 11 is 0. The van der Waals surface area contributed by atoms with E-state index in [1.54, 1.807) is 0 Å². The van der Waals surface area contributed by atoms with Gasteiger partial charge in [0.05, 0.1) is 25.2 Å². The first-order chi connectivity index (χ1) is 7.48. The van der Waals surface area contributed by atoms with Crippen molar-refractivity contribution in [3.8, 4) is 0 Å². The molecule has 0 amide bonds. The summed E-state index contributed by atoms with van der Waals surface area (Å²) in [5, 5.41) is 0. The first-order valence-corrected chi connectivity index (χ1v) is 7.32. The molecule has 0 aromatic rings. The number of carbonyl (C=O) groups excluding carboxylic acids is 1. The minimum atomic E-state index is -2.90. The van der Waals surface area contributed by atoms with Crippen molar-refractivity contribution < 1.29 is 17.9 Å². The van der Waals surface area contributed by atoms with Gasteiger partial charge in [-0.05, 0) is 19.4 Å². The van der Waals surface area contributed by atoms with Gasteiger partial charge in [-0.1, -0.05) is 6.92 Å². The van der Waals surface area contributed by atoms with Gasteiger partial charge in [-0.3, -0.25) is 9.69 Å². The van der Waals surface area contributed by atoms with Crippen LogP contribution in [0.4, 0.5) is 0 Å². The van der Waals surface area contributed by atoms with Crippen molar-refractivity contribution in [1.29, 1.82) is 0 Å². The number of methoxy groups -OCH3 is 1. The molecule has 0 aromatic heterocycles. The van der Waals surface area contributed by atoms with E-state index in [0.717, 1.165) is 13.0 Å². The van der Waals surface area contributed by atoms with Gasteiger partial charge in [0.1, 0.15) is 0 Å². The summed E-state index contributed by atoms with van der Waals surface area (Å²) in [5.41, 5.74) is 0. The van der Waals surface area contributed by atoms with Crippen LogP contribution in [0.5, 0.6) is 0 Å². The van der Waals surface area contributed by atoms with E-state index in [1.807, 2.05) is 11.8 Å². The molecule has 1 saturated heterocycles. The predicted octanol–water partition coefficient (Wildman–Crippen LogP) is 0.0585. The molecule has 1 atom stereocenters. The summed E-state index contributed by atoms with van der Waals surface area (Å²) in [6.45, 7) is 2.92. The van der Waals surface area contributed by atoms with Crippen molar-refractivity contribution in [1.82, 2.24) is 4.90 Å². The van der Waals surface area contributed by atoms with Crippen LogP contribution in [-0.2, 0) is 19.4 Å². The van der Waals surface area contributed by atoms with Crippen LogP contribution in [0.1, 0.15) is 19.8 Å². The Balaban J connectivity index is 2.60. The highest BCUT2D eigenvalue weighted by Crippen LogP contribution is 2.17. The van der Waals surface area contributed by atoms with E-state index in [9.17, 15) is 13.2 Å². The Morgan fingerprint density at radius 2 is 2.19 bits per heavy atom. The van der Waals surface area contributed by atoms with Gasteiger partial charge in [0, 0.05) is 6.04 Å². The minimum Gasteiger partial charge on any atom is -0.468 e. The molecule has 16 heavy (non-hydrogen) atoms. The van der Waals surface area contributed by atoms with E-state index in [1.165, 1.54) is 7.11 Å². The molecule has 1 unspecified atom stereocenters. The Bertz CT molecular complexity index is 339. The third-order valence-corrected chi connectivity index (χ3v) is 4.55. The lowest BCUT2D eigenvalue weighted by Crippen LogP contribution is -2.40. The fourth-order valence-corrected chi connectivity index (χ4v) is 3.73. The Kier molecular flexibility index (Phi) is 4.73. The molecule has 0 radical (unpaired) electrons. The van der Waals surface area contributed by atoms with Crippen molar-refractivity contribution in [2.24, 2.45) is 0 Å². The number of sulfone groups is 1. The molecule has 0 spiro atoms. The van der Waals surface area contributed by atoms with Gasteiger partial charge in [-0.15, -0.1) is 0 Å². The SMILES string of the molecule is CCCN(CC(=O)OC)C1CCS(=O)(=O)C1. The zero-order chi connectivity index (χ0) is 12.2. The summed E-state index contributed by atoms with van der Waals surface area (Å²) in [4.78, 5) is 13.1. The lowest BCUT2D eigenvalue weighted by atomic mass is 10.2. The minimum absolute atomic E-state index is 0.0240. The first-order valence-electron chi connectivity index (χ1n) is 5.49. The molecule has 0 aromatic carbocycles. The molecule has 0 N–H and O–H groups in total. The van der Waals surface area contributed by atoms with Gasteiger partial charge < -0.3 is 4.74 Å². The van der Waals surface area contributed by atoms with Crippen molar-refractivity contribution >= 4 is 15.8 Å². The molecule has 6 heteroatoms. The molecule has 0 bridgehead atoms. The zero-order valence-corrected chi connectivity index (χ0v) is 10.6. The standard InChI is InChI=1S/C10H19NO4S/c1-3-5-11(7-10(12)15-2)9-4-6-16(13,14)8-9/h9H,3-8H2,1-2H3. The number of esters is 1. The molecule has 94 valence electrons. The van der Waals surface area contributed by atoms with Gasteiger partial charge in [-0.2, -0.15) is 0 Å². The van der Waals surface area contributed by atoms with Crippen LogP contribution in [0.2, 0.25) is 0 Å². The molecular formula is C10H19NO4S. The lowest BCUT2D eigenvalue weighted by molar-refractivity contribution is -0.142. The first kappa shape index (κ1) is 13.4. The number of hydrogen-bond donors (Lipinski definition) is 0. The Labute approximate surface area is 96.7 Å². The maximum Gasteiger partial charge on any atom is 0.319 e. The van der Waals surface area contributed by atoms with Gasteiger partial charge in [-0.25, -0.2) is 8.42 Å². The average Bonchev–Trinajstić information content (AvgIpc) is 2.58. The zero-order valence-electron chi connectivity index (χ0n) is 9.81. The molecule has 5 nitrogen and oxygen atoms in total. The molecule has 1 fully saturated rings. The van der Waals surface area contributed by atoms with Crippen LogP contribution in [0.15, 0.2) is 0 Å². The molecule has 1 heterocycles. The van der Waals surface area contributed by atoms with E-state index in [-0.39, 0.29) is 30.1 Å². The van der Waals surface area contributed by atoms with Crippen LogP contribution in [0.3, 0.4) is 0 Å². The third kappa shape index (κ3) is 3.75. The summed E-state index contributed by atoms with van der Waals surface area (Å²) in [6.07, 6.45) is 1.52. The van der Waals surface area contributed by atoms with Crippen LogP contribution in [0, 0.1) is 0 Å². The molecule has 0 saturated carbocycles. The van der Waals surface area contributed by atoms with Crippen LogP contribution in [-0.4, -0.2) is 57.0 Å². The molecule has 0 aliphatic carbocycles. The molecular weight excluding hydrogens is 230 g/mol. The maximum absolute atomic E-state index is 11.4. The summed E-state index contributed by atoms with van der Waals surface area (Å²) in [5.74, 6) is 0.0982.